The summed E-state index contributed by atoms with van der Waals surface area (Å²) in [5.74, 6) is -1.70. The first kappa shape index (κ1) is 20.0. The van der Waals surface area contributed by atoms with Crippen molar-refractivity contribution in [2.24, 2.45) is 0 Å². The molecular formula is C16H17ClF3N3O3. The normalized spacial score (nSPS) is 12.5. The first-order valence-electron chi connectivity index (χ1n) is 7.73. The molecule has 2 aromatic rings. The summed E-state index contributed by atoms with van der Waals surface area (Å²) < 4.78 is 45.8. The van der Waals surface area contributed by atoms with Gasteiger partial charge in [-0.1, -0.05) is 0 Å². The largest absolute Gasteiger partial charge is 0.465 e. The number of aryl methyl sites for hydroxylation is 2. The van der Waals surface area contributed by atoms with Gasteiger partial charge in [-0.25, -0.2) is 13.8 Å². The molecule has 6 nitrogen and oxygen atoms in total. The summed E-state index contributed by atoms with van der Waals surface area (Å²) in [7, 11) is 0. The monoisotopic (exact) mass is 391 g/mol. The van der Waals surface area contributed by atoms with Gasteiger partial charge in [0.05, 0.1) is 6.61 Å². The van der Waals surface area contributed by atoms with Crippen LogP contribution in [0.4, 0.5) is 13.2 Å². The van der Waals surface area contributed by atoms with Crippen LogP contribution in [0.3, 0.4) is 0 Å². The second-order valence-corrected chi connectivity index (χ2v) is 6.07. The van der Waals surface area contributed by atoms with Gasteiger partial charge >= 0.3 is 18.2 Å². The summed E-state index contributed by atoms with van der Waals surface area (Å²) in [5.41, 5.74) is -0.519. The summed E-state index contributed by atoms with van der Waals surface area (Å²) in [5, 5.41) is 2.69. The van der Waals surface area contributed by atoms with Crippen molar-refractivity contribution in [3.05, 3.63) is 45.4 Å². The van der Waals surface area contributed by atoms with Gasteiger partial charge in [0.1, 0.15) is 22.7 Å². The standard InChI is InChI=1S/C16H17ClF3N3O3/c1-4-26-14(24)11(17)6-10-7-13(12(18)5-8(10)2)23-16(25)22(15(19)20)9(3)21-23/h5,7,11,15H,4,6H2,1-3H3. The molecule has 0 radical (unpaired) electrons. The van der Waals surface area contributed by atoms with Crippen molar-refractivity contribution in [2.75, 3.05) is 6.61 Å². The van der Waals surface area contributed by atoms with E-state index in [9.17, 15) is 22.8 Å². The van der Waals surface area contributed by atoms with Gasteiger partial charge in [-0.3, -0.25) is 4.79 Å². The number of hydrogen-bond acceptors (Lipinski definition) is 4. The molecule has 2 rings (SSSR count). The molecule has 1 aromatic carbocycles. The molecule has 1 unspecified atom stereocenters. The van der Waals surface area contributed by atoms with Crippen LogP contribution in [0.25, 0.3) is 5.69 Å². The Kier molecular flexibility index (Phi) is 6.12. The molecule has 26 heavy (non-hydrogen) atoms. The van der Waals surface area contributed by atoms with Gasteiger partial charge in [-0.15, -0.1) is 16.7 Å². The number of carbonyl (C=O) groups excluding carboxylic acids is 1. The molecule has 0 aliphatic heterocycles. The first-order valence-corrected chi connectivity index (χ1v) is 8.17. The Morgan fingerprint density at radius 3 is 2.54 bits per heavy atom. The third-order valence-electron chi connectivity index (χ3n) is 3.75. The van der Waals surface area contributed by atoms with E-state index in [0.717, 1.165) is 6.07 Å². The molecular weight excluding hydrogens is 375 g/mol. The number of alkyl halides is 3. The van der Waals surface area contributed by atoms with Crippen LogP contribution in [-0.4, -0.2) is 32.3 Å². The number of ether oxygens (including phenoxy) is 1. The molecule has 1 heterocycles. The van der Waals surface area contributed by atoms with Gasteiger partial charge in [-0.2, -0.15) is 13.5 Å². The highest BCUT2D eigenvalue weighted by atomic mass is 35.5. The van der Waals surface area contributed by atoms with Crippen LogP contribution >= 0.6 is 11.6 Å². The molecule has 1 atom stereocenters. The van der Waals surface area contributed by atoms with Gasteiger partial charge in [0.15, 0.2) is 0 Å². The predicted octanol–water partition coefficient (Wildman–Crippen LogP) is 2.90. The topological polar surface area (TPSA) is 66.1 Å². The van der Waals surface area contributed by atoms with E-state index < -0.39 is 29.4 Å². The molecule has 0 fully saturated rings. The van der Waals surface area contributed by atoms with E-state index in [2.05, 4.69) is 5.10 Å². The average molecular weight is 392 g/mol. The highest BCUT2D eigenvalue weighted by Crippen LogP contribution is 2.21. The van der Waals surface area contributed by atoms with Crippen LogP contribution in [0.2, 0.25) is 0 Å². The van der Waals surface area contributed by atoms with Gasteiger partial charge in [0.2, 0.25) is 0 Å². The molecule has 0 bridgehead atoms. The summed E-state index contributed by atoms with van der Waals surface area (Å²) >= 11 is 6.00. The van der Waals surface area contributed by atoms with Gasteiger partial charge in [0, 0.05) is 0 Å². The first-order chi connectivity index (χ1) is 12.2. The lowest BCUT2D eigenvalue weighted by atomic mass is 10.0. The molecule has 0 N–H and O–H groups in total. The van der Waals surface area contributed by atoms with Crippen LogP contribution in [0.15, 0.2) is 16.9 Å². The smallest absolute Gasteiger partial charge is 0.355 e. The summed E-state index contributed by atoms with van der Waals surface area (Å²) in [6.45, 7) is 1.52. The second kappa shape index (κ2) is 7.94. The second-order valence-electron chi connectivity index (χ2n) is 5.54. The molecule has 142 valence electrons. The lowest BCUT2D eigenvalue weighted by Gasteiger charge is -2.13. The highest BCUT2D eigenvalue weighted by Gasteiger charge is 2.23. The maximum atomic E-state index is 14.3. The molecule has 10 heteroatoms. The Labute approximate surface area is 152 Å². The van der Waals surface area contributed by atoms with E-state index in [0.29, 0.717) is 15.8 Å². The van der Waals surface area contributed by atoms with Crippen molar-refractivity contribution in [1.29, 1.82) is 0 Å². The number of esters is 1. The molecule has 0 amide bonds. The fourth-order valence-electron chi connectivity index (χ4n) is 2.45. The van der Waals surface area contributed by atoms with E-state index in [-0.39, 0.29) is 29.1 Å². The zero-order valence-electron chi connectivity index (χ0n) is 14.3. The molecule has 0 spiro atoms. The zero-order valence-corrected chi connectivity index (χ0v) is 15.1. The van der Waals surface area contributed by atoms with Crippen molar-refractivity contribution in [3.63, 3.8) is 0 Å². The number of hydrogen-bond donors (Lipinski definition) is 0. The van der Waals surface area contributed by atoms with Gasteiger partial charge in [0.25, 0.3) is 0 Å². The highest BCUT2D eigenvalue weighted by molar-refractivity contribution is 6.30. The fourth-order valence-corrected chi connectivity index (χ4v) is 2.68. The number of aromatic nitrogens is 3. The molecule has 1 aromatic heterocycles. The minimum atomic E-state index is -3.10. The van der Waals surface area contributed by atoms with E-state index in [1.807, 2.05) is 0 Å². The molecule has 0 aliphatic carbocycles. The lowest BCUT2D eigenvalue weighted by molar-refractivity contribution is -0.142. The molecule has 0 saturated heterocycles. The van der Waals surface area contributed by atoms with E-state index in [1.54, 1.807) is 13.8 Å². The summed E-state index contributed by atoms with van der Waals surface area (Å²) in [4.78, 5) is 23.8. The minimum Gasteiger partial charge on any atom is -0.465 e. The number of nitrogens with zero attached hydrogens (tertiary/aromatic N) is 3. The van der Waals surface area contributed by atoms with E-state index in [1.165, 1.54) is 13.0 Å². The van der Waals surface area contributed by atoms with Crippen LogP contribution in [0, 0.1) is 19.7 Å². The SMILES string of the molecule is CCOC(=O)C(Cl)Cc1cc(-n2nc(C)n(C(F)F)c2=O)c(F)cc1C. The van der Waals surface area contributed by atoms with Gasteiger partial charge < -0.3 is 4.74 Å². The average Bonchev–Trinajstić information content (AvgIpc) is 2.84. The van der Waals surface area contributed by atoms with E-state index in [4.69, 9.17) is 16.3 Å². The Hall–Kier alpha value is -2.29. The third kappa shape index (κ3) is 3.92. The maximum Gasteiger partial charge on any atom is 0.355 e. The van der Waals surface area contributed by atoms with E-state index >= 15 is 0 Å². The van der Waals surface area contributed by atoms with Crippen molar-refractivity contribution < 1.29 is 22.7 Å². The minimum absolute atomic E-state index is 0.0167. The number of halogens is 4. The molecule has 0 aliphatic rings. The molecule has 0 saturated carbocycles. The Balaban J connectivity index is 2.48. The van der Waals surface area contributed by atoms with Crippen LogP contribution in [0.1, 0.15) is 30.4 Å². The number of carbonyl (C=O) groups is 1. The van der Waals surface area contributed by atoms with Crippen molar-refractivity contribution in [2.45, 2.75) is 39.1 Å². The Morgan fingerprint density at radius 2 is 2.00 bits per heavy atom. The van der Waals surface area contributed by atoms with Gasteiger partial charge in [-0.05, 0) is 50.5 Å². The predicted molar refractivity (Wildman–Crippen MR) is 88.5 cm³/mol. The van der Waals surface area contributed by atoms with Crippen molar-refractivity contribution >= 4 is 17.6 Å². The zero-order chi connectivity index (χ0) is 19.6. The Morgan fingerprint density at radius 1 is 1.35 bits per heavy atom. The van der Waals surface area contributed by atoms with Crippen molar-refractivity contribution in [3.8, 4) is 5.69 Å². The number of rotatable bonds is 6. The summed E-state index contributed by atoms with van der Waals surface area (Å²) in [6, 6.07) is 2.39. The Bertz CT molecular complexity index is 880. The third-order valence-corrected chi connectivity index (χ3v) is 4.08. The van der Waals surface area contributed by atoms with Crippen LogP contribution < -0.4 is 5.69 Å². The quantitative estimate of drug-likeness (QED) is 0.561. The summed E-state index contributed by atoms with van der Waals surface area (Å²) in [6.07, 6.45) is 0.0167. The van der Waals surface area contributed by atoms with Crippen LogP contribution in [0.5, 0.6) is 0 Å². The fraction of sp³-hybridized carbons (Fsp3) is 0.438. The lowest BCUT2D eigenvalue weighted by Crippen LogP contribution is -2.26. The van der Waals surface area contributed by atoms with Crippen molar-refractivity contribution in [1.82, 2.24) is 14.3 Å². The number of benzene rings is 1. The van der Waals surface area contributed by atoms with Crippen LogP contribution in [-0.2, 0) is 16.0 Å². The maximum absolute atomic E-state index is 14.3.